The van der Waals surface area contributed by atoms with E-state index in [2.05, 4.69) is 15.9 Å². The van der Waals surface area contributed by atoms with Crippen LogP contribution in [0.3, 0.4) is 0 Å². The number of anilines is 1. The molecule has 0 aliphatic carbocycles. The first-order valence-electron chi connectivity index (χ1n) is 5.94. The topological polar surface area (TPSA) is 101 Å². The lowest BCUT2D eigenvalue weighted by Gasteiger charge is -2.21. The van der Waals surface area contributed by atoms with E-state index < -0.39 is 17.8 Å². The minimum absolute atomic E-state index is 0.00864. The molecule has 20 heavy (non-hydrogen) atoms. The Morgan fingerprint density at radius 2 is 2.10 bits per heavy atom. The smallest absolute Gasteiger partial charge is 0.337 e. The number of halogens is 1. The van der Waals surface area contributed by atoms with Gasteiger partial charge >= 0.3 is 5.97 Å². The second-order valence-electron chi connectivity index (χ2n) is 4.76. The van der Waals surface area contributed by atoms with Crippen molar-refractivity contribution in [3.63, 3.8) is 0 Å². The summed E-state index contributed by atoms with van der Waals surface area (Å²) in [6.07, 6.45) is 0.00864. The number of nitrogens with two attached hydrogens (primary N) is 1. The summed E-state index contributed by atoms with van der Waals surface area (Å²) in [5.41, 5.74) is 6.27. The van der Waals surface area contributed by atoms with Crippen molar-refractivity contribution in [2.45, 2.75) is 13.3 Å². The van der Waals surface area contributed by atoms with Crippen LogP contribution in [-0.4, -0.2) is 29.4 Å². The summed E-state index contributed by atoms with van der Waals surface area (Å²) in [5, 5.41) is 9.29. The van der Waals surface area contributed by atoms with Gasteiger partial charge in [-0.1, -0.05) is 0 Å². The van der Waals surface area contributed by atoms with Gasteiger partial charge in [-0.3, -0.25) is 9.59 Å². The van der Waals surface area contributed by atoms with Gasteiger partial charge in [-0.25, -0.2) is 4.79 Å². The molecule has 1 atom stereocenters. The van der Waals surface area contributed by atoms with Gasteiger partial charge in [0.1, 0.15) is 0 Å². The molecule has 1 aromatic rings. The summed E-state index contributed by atoms with van der Waals surface area (Å²) in [4.78, 5) is 35.9. The third kappa shape index (κ3) is 2.53. The van der Waals surface area contributed by atoms with Gasteiger partial charge in [0, 0.05) is 17.4 Å². The van der Waals surface area contributed by atoms with Crippen LogP contribution < -0.4 is 10.6 Å². The molecule has 3 N–H and O–H groups in total. The zero-order valence-electron chi connectivity index (χ0n) is 10.7. The van der Waals surface area contributed by atoms with Crippen molar-refractivity contribution in [3.8, 4) is 0 Å². The van der Waals surface area contributed by atoms with Crippen molar-refractivity contribution in [2.75, 3.05) is 11.4 Å². The molecule has 1 saturated heterocycles. The van der Waals surface area contributed by atoms with Gasteiger partial charge in [-0.05, 0) is 40.5 Å². The molecular formula is C13H13BrN2O4. The number of aryl methyl sites for hydroxylation is 1. The highest BCUT2D eigenvalue weighted by atomic mass is 79.9. The van der Waals surface area contributed by atoms with Crippen LogP contribution in [0.1, 0.15) is 22.3 Å². The number of benzene rings is 1. The van der Waals surface area contributed by atoms with Gasteiger partial charge in [0.25, 0.3) is 0 Å². The Morgan fingerprint density at radius 3 is 2.60 bits per heavy atom. The summed E-state index contributed by atoms with van der Waals surface area (Å²) in [6.45, 7) is 1.87. The van der Waals surface area contributed by atoms with Crippen molar-refractivity contribution in [3.05, 3.63) is 27.7 Å². The summed E-state index contributed by atoms with van der Waals surface area (Å²) in [5.74, 6) is -2.57. The van der Waals surface area contributed by atoms with Gasteiger partial charge in [-0.15, -0.1) is 0 Å². The van der Waals surface area contributed by atoms with Crippen LogP contribution in [0.5, 0.6) is 0 Å². The molecule has 0 saturated carbocycles. The van der Waals surface area contributed by atoms with Crippen molar-refractivity contribution >= 4 is 39.4 Å². The maximum absolute atomic E-state index is 12.0. The van der Waals surface area contributed by atoms with Gasteiger partial charge < -0.3 is 15.7 Å². The first kappa shape index (κ1) is 14.5. The van der Waals surface area contributed by atoms with Crippen LogP contribution in [0.4, 0.5) is 5.69 Å². The zero-order valence-corrected chi connectivity index (χ0v) is 12.3. The van der Waals surface area contributed by atoms with E-state index in [1.54, 1.807) is 13.0 Å². The maximum atomic E-state index is 12.0. The van der Waals surface area contributed by atoms with E-state index in [-0.39, 0.29) is 30.1 Å². The van der Waals surface area contributed by atoms with Crippen LogP contribution in [0.2, 0.25) is 0 Å². The minimum Gasteiger partial charge on any atom is -0.478 e. The lowest BCUT2D eigenvalue weighted by atomic mass is 10.1. The predicted molar refractivity (Wildman–Crippen MR) is 75.5 cm³/mol. The SMILES string of the molecule is Cc1cc(Br)c(N2CC(C(N)=O)CC2=O)c(C(=O)O)c1. The quantitative estimate of drug-likeness (QED) is 0.865. The molecule has 0 radical (unpaired) electrons. The number of carboxylic acids is 1. The molecule has 1 aliphatic rings. The molecule has 0 spiro atoms. The molecule has 1 fully saturated rings. The lowest BCUT2D eigenvalue weighted by molar-refractivity contribution is -0.123. The molecule has 0 bridgehead atoms. The van der Waals surface area contributed by atoms with E-state index in [0.29, 0.717) is 4.47 Å². The number of hydrogen-bond donors (Lipinski definition) is 2. The van der Waals surface area contributed by atoms with E-state index in [1.165, 1.54) is 11.0 Å². The number of nitrogens with zero attached hydrogens (tertiary/aromatic N) is 1. The van der Waals surface area contributed by atoms with E-state index in [9.17, 15) is 19.5 Å². The highest BCUT2D eigenvalue weighted by Crippen LogP contribution is 2.35. The lowest BCUT2D eigenvalue weighted by Crippen LogP contribution is -2.30. The first-order valence-corrected chi connectivity index (χ1v) is 6.73. The third-order valence-corrected chi connectivity index (χ3v) is 3.84. The maximum Gasteiger partial charge on any atom is 0.337 e. The van der Waals surface area contributed by atoms with Crippen molar-refractivity contribution in [1.29, 1.82) is 0 Å². The molecule has 0 aromatic heterocycles. The number of hydrogen-bond acceptors (Lipinski definition) is 3. The van der Waals surface area contributed by atoms with Gasteiger partial charge in [0.2, 0.25) is 11.8 Å². The Bertz CT molecular complexity index is 615. The molecule has 1 unspecified atom stereocenters. The van der Waals surface area contributed by atoms with Crippen molar-refractivity contribution in [1.82, 2.24) is 0 Å². The van der Waals surface area contributed by atoms with Gasteiger partial charge in [0.05, 0.1) is 17.2 Å². The minimum atomic E-state index is -1.13. The van der Waals surface area contributed by atoms with Crippen molar-refractivity contribution in [2.24, 2.45) is 11.7 Å². The number of carbonyl (C=O) groups excluding carboxylic acids is 2. The highest BCUT2D eigenvalue weighted by Gasteiger charge is 2.36. The monoisotopic (exact) mass is 340 g/mol. The van der Waals surface area contributed by atoms with E-state index in [4.69, 9.17) is 5.73 Å². The van der Waals surface area contributed by atoms with Gasteiger partial charge in [-0.2, -0.15) is 0 Å². The standard InChI is InChI=1S/C13H13BrN2O4/c1-6-2-8(13(19)20)11(9(14)3-6)16-5-7(12(15)18)4-10(16)17/h2-3,7H,4-5H2,1H3,(H2,15,18)(H,19,20). The number of amides is 2. The second kappa shape index (κ2) is 5.24. The Balaban J connectivity index is 2.50. The first-order chi connectivity index (χ1) is 9.31. The van der Waals surface area contributed by atoms with Crippen LogP contribution in [-0.2, 0) is 9.59 Å². The fourth-order valence-electron chi connectivity index (χ4n) is 2.29. The molecule has 7 heteroatoms. The molecule has 1 aliphatic heterocycles. The summed E-state index contributed by atoms with van der Waals surface area (Å²) < 4.78 is 0.508. The molecule has 1 heterocycles. The molecule has 2 amide bonds. The molecule has 106 valence electrons. The second-order valence-corrected chi connectivity index (χ2v) is 5.61. The Morgan fingerprint density at radius 1 is 1.45 bits per heavy atom. The van der Waals surface area contributed by atoms with Crippen LogP contribution >= 0.6 is 15.9 Å². The van der Waals surface area contributed by atoms with Crippen LogP contribution in [0.25, 0.3) is 0 Å². The highest BCUT2D eigenvalue weighted by molar-refractivity contribution is 9.10. The Hall–Kier alpha value is -1.89. The number of carbonyl (C=O) groups is 3. The fraction of sp³-hybridized carbons (Fsp3) is 0.308. The molecule has 1 aromatic carbocycles. The van der Waals surface area contributed by atoms with E-state index in [1.807, 2.05) is 0 Å². The van der Waals surface area contributed by atoms with Crippen LogP contribution in [0, 0.1) is 12.8 Å². The van der Waals surface area contributed by atoms with Gasteiger partial charge in [0.15, 0.2) is 0 Å². The number of primary amides is 1. The zero-order chi connectivity index (χ0) is 15.0. The Labute approximate surface area is 123 Å². The molecular weight excluding hydrogens is 328 g/mol. The average molecular weight is 341 g/mol. The summed E-state index contributed by atoms with van der Waals surface area (Å²) in [7, 11) is 0. The fourth-order valence-corrected chi connectivity index (χ4v) is 3.07. The largest absolute Gasteiger partial charge is 0.478 e. The molecule has 6 nitrogen and oxygen atoms in total. The number of aromatic carboxylic acids is 1. The summed E-state index contributed by atoms with van der Waals surface area (Å²) >= 11 is 3.29. The van der Waals surface area contributed by atoms with E-state index >= 15 is 0 Å². The van der Waals surface area contributed by atoms with Crippen LogP contribution in [0.15, 0.2) is 16.6 Å². The van der Waals surface area contributed by atoms with Crippen molar-refractivity contribution < 1.29 is 19.5 Å². The van der Waals surface area contributed by atoms with E-state index in [0.717, 1.165) is 5.56 Å². The third-order valence-electron chi connectivity index (χ3n) is 3.24. The normalized spacial score (nSPS) is 18.4. The molecule has 2 rings (SSSR count). The number of rotatable bonds is 3. The average Bonchev–Trinajstić information content (AvgIpc) is 2.70. The summed E-state index contributed by atoms with van der Waals surface area (Å²) in [6, 6.07) is 3.22. The number of carboxylic acid groups (broad SMARTS) is 1. The Kier molecular flexibility index (Phi) is 3.80. The predicted octanol–water partition coefficient (Wildman–Crippen LogP) is 1.29.